The molecule has 0 atom stereocenters. The first kappa shape index (κ1) is 21.7. The molecule has 0 aliphatic carbocycles. The molecule has 1 amide bonds. The number of esters is 1. The van der Waals surface area contributed by atoms with Gasteiger partial charge in [0.1, 0.15) is 0 Å². The number of benzene rings is 2. The second-order valence-electron chi connectivity index (χ2n) is 5.92. The Morgan fingerprint density at radius 3 is 2.36 bits per heavy atom. The summed E-state index contributed by atoms with van der Waals surface area (Å²) in [5.41, 5.74) is -0.733. The number of nitrogens with zero attached hydrogens (tertiary/aromatic N) is 1. The number of halogens is 4. The van der Waals surface area contributed by atoms with Gasteiger partial charge in [0, 0.05) is 6.54 Å². The number of rotatable bonds is 7. The summed E-state index contributed by atoms with van der Waals surface area (Å²) >= 11 is 5.85. The lowest BCUT2D eigenvalue weighted by Gasteiger charge is -2.21. The predicted octanol–water partition coefficient (Wildman–Crippen LogP) is 3.97. The number of hydrogen-bond donors (Lipinski definition) is 1. The van der Waals surface area contributed by atoms with E-state index in [1.165, 1.54) is 18.1 Å². The van der Waals surface area contributed by atoms with Crippen LogP contribution in [0.3, 0.4) is 0 Å². The van der Waals surface area contributed by atoms with E-state index in [0.29, 0.717) is 0 Å². The van der Waals surface area contributed by atoms with Gasteiger partial charge in [0.25, 0.3) is 0 Å². The highest BCUT2D eigenvalue weighted by atomic mass is 35.5. The third kappa shape index (κ3) is 6.24. The van der Waals surface area contributed by atoms with Gasteiger partial charge in [-0.3, -0.25) is 14.5 Å². The molecule has 0 aliphatic heterocycles. The van der Waals surface area contributed by atoms with Crippen molar-refractivity contribution in [2.24, 2.45) is 0 Å². The molecule has 5 nitrogen and oxygen atoms in total. The zero-order valence-corrected chi connectivity index (χ0v) is 15.7. The third-order valence-electron chi connectivity index (χ3n) is 3.78. The Morgan fingerprint density at radius 2 is 1.75 bits per heavy atom. The lowest BCUT2D eigenvalue weighted by Crippen LogP contribution is -2.37. The third-order valence-corrected chi connectivity index (χ3v) is 4.09. The van der Waals surface area contributed by atoms with Crippen LogP contribution < -0.4 is 5.32 Å². The van der Waals surface area contributed by atoms with E-state index < -0.39 is 29.3 Å². The molecule has 2 aromatic carbocycles. The molecule has 0 unspecified atom stereocenters. The van der Waals surface area contributed by atoms with Crippen molar-refractivity contribution >= 4 is 29.2 Å². The fraction of sp³-hybridized carbons (Fsp3) is 0.263. The zero-order valence-electron chi connectivity index (χ0n) is 14.9. The molecule has 9 heteroatoms. The number of nitrogens with one attached hydrogen (secondary N) is 1. The second-order valence-corrected chi connectivity index (χ2v) is 6.32. The zero-order chi connectivity index (χ0) is 20.7. The van der Waals surface area contributed by atoms with Gasteiger partial charge in [-0.05, 0) is 17.7 Å². The number of hydrogen-bond acceptors (Lipinski definition) is 4. The van der Waals surface area contributed by atoms with Gasteiger partial charge in [-0.1, -0.05) is 48.0 Å². The van der Waals surface area contributed by atoms with Gasteiger partial charge in [0.05, 0.1) is 36.5 Å². The smallest absolute Gasteiger partial charge is 0.418 e. The number of carbonyl (C=O) groups excluding carboxylic acids is 2. The Balaban J connectivity index is 2.16. The van der Waals surface area contributed by atoms with E-state index in [-0.39, 0.29) is 24.7 Å². The normalized spacial score (nSPS) is 11.4. The van der Waals surface area contributed by atoms with Crippen LogP contribution in [0.15, 0.2) is 48.5 Å². The predicted molar refractivity (Wildman–Crippen MR) is 98.8 cm³/mol. The quantitative estimate of drug-likeness (QED) is 0.696. The minimum atomic E-state index is -4.68. The van der Waals surface area contributed by atoms with Crippen LogP contribution in [0.2, 0.25) is 5.02 Å². The number of anilines is 1. The van der Waals surface area contributed by atoms with E-state index >= 15 is 0 Å². The molecule has 0 spiro atoms. The maximum Gasteiger partial charge on any atom is 0.418 e. The topological polar surface area (TPSA) is 58.6 Å². The maximum absolute atomic E-state index is 13.2. The van der Waals surface area contributed by atoms with Crippen LogP contribution in [0.1, 0.15) is 11.1 Å². The average Bonchev–Trinajstić information content (AvgIpc) is 2.63. The fourth-order valence-electron chi connectivity index (χ4n) is 2.53. The lowest BCUT2D eigenvalue weighted by molar-refractivity contribution is -0.142. The molecule has 1 N–H and O–H groups in total. The minimum Gasteiger partial charge on any atom is -0.468 e. The van der Waals surface area contributed by atoms with Crippen molar-refractivity contribution < 1.29 is 27.5 Å². The van der Waals surface area contributed by atoms with Gasteiger partial charge in [-0.25, -0.2) is 0 Å². The standard InChI is InChI=1S/C19H18ClF3N2O3/c1-28-17(27)12-25(10-13-6-3-2-4-7-13)11-16(26)24-18-14(19(21,22)23)8-5-9-15(18)20/h2-9H,10-12H2,1H3,(H,24,26). The summed E-state index contributed by atoms with van der Waals surface area (Å²) in [7, 11) is 1.21. The van der Waals surface area contributed by atoms with E-state index in [1.54, 1.807) is 24.3 Å². The SMILES string of the molecule is COC(=O)CN(CC(=O)Nc1c(Cl)cccc1C(F)(F)F)Cc1ccccc1. The fourth-order valence-corrected chi connectivity index (χ4v) is 2.75. The molecule has 0 aliphatic rings. The number of methoxy groups -OCH3 is 1. The summed E-state index contributed by atoms with van der Waals surface area (Å²) in [5, 5.41) is 1.98. The first-order valence-corrected chi connectivity index (χ1v) is 8.57. The molecule has 150 valence electrons. The highest BCUT2D eigenvalue weighted by molar-refractivity contribution is 6.34. The molecule has 0 heterocycles. The molecule has 2 rings (SSSR count). The van der Waals surface area contributed by atoms with E-state index in [2.05, 4.69) is 10.1 Å². The Kier molecular flexibility index (Phi) is 7.42. The Morgan fingerprint density at radius 1 is 1.07 bits per heavy atom. The molecular weight excluding hydrogens is 397 g/mol. The maximum atomic E-state index is 13.2. The van der Waals surface area contributed by atoms with Crippen molar-refractivity contribution in [2.75, 3.05) is 25.5 Å². The molecule has 0 saturated heterocycles. The number of carbonyl (C=O) groups is 2. The van der Waals surface area contributed by atoms with Crippen molar-refractivity contribution in [3.63, 3.8) is 0 Å². The molecule has 2 aromatic rings. The van der Waals surface area contributed by atoms with Crippen LogP contribution in [0.25, 0.3) is 0 Å². The van der Waals surface area contributed by atoms with E-state index in [9.17, 15) is 22.8 Å². The van der Waals surface area contributed by atoms with Crippen molar-refractivity contribution in [2.45, 2.75) is 12.7 Å². The minimum absolute atomic E-state index is 0.201. The summed E-state index contributed by atoms with van der Waals surface area (Å²) in [6.07, 6.45) is -4.68. The summed E-state index contributed by atoms with van der Waals surface area (Å²) < 4.78 is 44.1. The van der Waals surface area contributed by atoms with E-state index in [0.717, 1.165) is 17.7 Å². The Bertz CT molecular complexity index is 829. The van der Waals surface area contributed by atoms with Crippen LogP contribution in [0, 0.1) is 0 Å². The summed E-state index contributed by atoms with van der Waals surface area (Å²) in [6, 6.07) is 12.3. The lowest BCUT2D eigenvalue weighted by atomic mass is 10.1. The first-order valence-electron chi connectivity index (χ1n) is 8.19. The van der Waals surface area contributed by atoms with Crippen LogP contribution in [-0.2, 0) is 27.0 Å². The Labute approximate surface area is 165 Å². The van der Waals surface area contributed by atoms with Crippen molar-refractivity contribution in [1.82, 2.24) is 4.90 Å². The van der Waals surface area contributed by atoms with Gasteiger partial charge < -0.3 is 10.1 Å². The van der Waals surface area contributed by atoms with Crippen molar-refractivity contribution in [1.29, 1.82) is 0 Å². The van der Waals surface area contributed by atoms with Gasteiger partial charge >= 0.3 is 12.1 Å². The molecule has 0 aromatic heterocycles. The molecule has 0 radical (unpaired) electrons. The highest BCUT2D eigenvalue weighted by Gasteiger charge is 2.35. The van der Waals surface area contributed by atoms with E-state index in [1.807, 2.05) is 6.07 Å². The van der Waals surface area contributed by atoms with Crippen LogP contribution in [0.4, 0.5) is 18.9 Å². The van der Waals surface area contributed by atoms with Gasteiger partial charge in [-0.2, -0.15) is 13.2 Å². The van der Waals surface area contributed by atoms with Crippen molar-refractivity contribution in [3.8, 4) is 0 Å². The molecule has 0 fully saturated rings. The largest absolute Gasteiger partial charge is 0.468 e. The summed E-state index contributed by atoms with van der Waals surface area (Å²) in [6.45, 7) is -0.294. The molecule has 28 heavy (non-hydrogen) atoms. The summed E-state index contributed by atoms with van der Waals surface area (Å²) in [5.74, 6) is -1.31. The monoisotopic (exact) mass is 414 g/mol. The van der Waals surface area contributed by atoms with Crippen LogP contribution >= 0.6 is 11.6 Å². The number of alkyl halides is 3. The molecule has 0 bridgehead atoms. The van der Waals surface area contributed by atoms with Gasteiger partial charge in [0.2, 0.25) is 5.91 Å². The number of ether oxygens (including phenoxy) is 1. The van der Waals surface area contributed by atoms with Gasteiger partial charge in [0.15, 0.2) is 0 Å². The Hall–Kier alpha value is -2.58. The molecule has 0 saturated carbocycles. The van der Waals surface area contributed by atoms with E-state index in [4.69, 9.17) is 11.6 Å². The van der Waals surface area contributed by atoms with Crippen LogP contribution in [0.5, 0.6) is 0 Å². The second kappa shape index (κ2) is 9.57. The number of amides is 1. The summed E-state index contributed by atoms with van der Waals surface area (Å²) in [4.78, 5) is 25.5. The molecular formula is C19H18ClF3N2O3. The van der Waals surface area contributed by atoms with Gasteiger partial charge in [-0.15, -0.1) is 0 Å². The average molecular weight is 415 g/mol. The first-order chi connectivity index (χ1) is 13.2. The highest BCUT2D eigenvalue weighted by Crippen LogP contribution is 2.38. The van der Waals surface area contributed by atoms with Crippen molar-refractivity contribution in [3.05, 3.63) is 64.7 Å². The van der Waals surface area contributed by atoms with Crippen LogP contribution in [-0.4, -0.2) is 37.0 Å². The number of para-hydroxylation sites is 1.